The lowest BCUT2D eigenvalue weighted by Gasteiger charge is -2.15. The number of rotatable bonds is 5. The first-order valence-electron chi connectivity index (χ1n) is 6.41. The second-order valence-corrected chi connectivity index (χ2v) is 4.65. The fourth-order valence-electron chi connectivity index (χ4n) is 1.99. The highest BCUT2D eigenvalue weighted by molar-refractivity contribution is 5.29. The third-order valence-electron chi connectivity index (χ3n) is 3.15. The summed E-state index contributed by atoms with van der Waals surface area (Å²) < 4.78 is 31.3. The van der Waals surface area contributed by atoms with Crippen molar-refractivity contribution in [3.05, 3.63) is 65.2 Å². The van der Waals surface area contributed by atoms with Crippen molar-refractivity contribution in [1.29, 1.82) is 0 Å². The first-order valence-corrected chi connectivity index (χ1v) is 6.41. The second-order valence-electron chi connectivity index (χ2n) is 4.65. The quantitative estimate of drug-likeness (QED) is 0.897. The van der Waals surface area contributed by atoms with Crippen LogP contribution in [0.4, 0.5) is 8.78 Å². The van der Waals surface area contributed by atoms with Gasteiger partial charge in [0.1, 0.15) is 17.4 Å². The largest absolute Gasteiger partial charge is 0.497 e. The lowest BCUT2D eigenvalue weighted by molar-refractivity contribution is 0.414. The predicted molar refractivity (Wildman–Crippen MR) is 74.6 cm³/mol. The fraction of sp³-hybridized carbons (Fsp3) is 0.250. The number of benzene rings is 2. The van der Waals surface area contributed by atoms with Crippen molar-refractivity contribution in [2.24, 2.45) is 0 Å². The van der Waals surface area contributed by atoms with Crippen molar-refractivity contribution >= 4 is 0 Å². The highest BCUT2D eigenvalue weighted by atomic mass is 19.1. The number of halogens is 2. The van der Waals surface area contributed by atoms with Gasteiger partial charge in [-0.3, -0.25) is 0 Å². The molecule has 0 amide bonds. The Kier molecular flexibility index (Phi) is 4.69. The zero-order valence-corrected chi connectivity index (χ0v) is 11.5. The Balaban J connectivity index is 1.98. The molecule has 0 heterocycles. The van der Waals surface area contributed by atoms with Crippen LogP contribution in [0.5, 0.6) is 5.75 Å². The minimum absolute atomic E-state index is 0.0761. The Morgan fingerprint density at radius 3 is 2.20 bits per heavy atom. The lowest BCUT2D eigenvalue weighted by atomic mass is 10.1. The highest BCUT2D eigenvalue weighted by Crippen LogP contribution is 2.18. The molecule has 20 heavy (non-hydrogen) atoms. The van der Waals surface area contributed by atoms with E-state index < -0.39 is 11.6 Å². The zero-order chi connectivity index (χ0) is 14.5. The van der Waals surface area contributed by atoms with Crippen molar-refractivity contribution in [3.63, 3.8) is 0 Å². The third-order valence-corrected chi connectivity index (χ3v) is 3.15. The zero-order valence-electron chi connectivity index (χ0n) is 11.5. The Hall–Kier alpha value is -1.94. The van der Waals surface area contributed by atoms with Gasteiger partial charge in [0.15, 0.2) is 0 Å². The van der Waals surface area contributed by atoms with Crippen LogP contribution in [0.25, 0.3) is 0 Å². The van der Waals surface area contributed by atoms with Crippen molar-refractivity contribution in [2.45, 2.75) is 19.5 Å². The molecule has 0 aliphatic rings. The molecule has 1 N–H and O–H groups in total. The van der Waals surface area contributed by atoms with Crippen molar-refractivity contribution in [2.75, 3.05) is 7.11 Å². The van der Waals surface area contributed by atoms with Crippen molar-refractivity contribution < 1.29 is 13.5 Å². The molecule has 2 aromatic rings. The van der Waals surface area contributed by atoms with Gasteiger partial charge in [-0.25, -0.2) is 8.78 Å². The van der Waals surface area contributed by atoms with Gasteiger partial charge in [0.25, 0.3) is 0 Å². The van der Waals surface area contributed by atoms with E-state index in [1.807, 2.05) is 31.2 Å². The number of hydrogen-bond donors (Lipinski definition) is 1. The summed E-state index contributed by atoms with van der Waals surface area (Å²) in [7, 11) is 1.62. The molecule has 1 atom stereocenters. The summed E-state index contributed by atoms with van der Waals surface area (Å²) in [5.41, 5.74) is 1.67. The second kappa shape index (κ2) is 6.48. The lowest BCUT2D eigenvalue weighted by Crippen LogP contribution is -2.18. The molecule has 2 rings (SSSR count). The van der Waals surface area contributed by atoms with Crippen LogP contribution in [-0.2, 0) is 6.54 Å². The van der Waals surface area contributed by atoms with Gasteiger partial charge >= 0.3 is 0 Å². The molecule has 4 heteroatoms. The summed E-state index contributed by atoms with van der Waals surface area (Å²) in [4.78, 5) is 0. The van der Waals surface area contributed by atoms with E-state index in [9.17, 15) is 8.78 Å². The maximum Gasteiger partial charge on any atom is 0.126 e. The van der Waals surface area contributed by atoms with Crippen LogP contribution >= 0.6 is 0 Å². The van der Waals surface area contributed by atoms with Crippen molar-refractivity contribution in [1.82, 2.24) is 5.32 Å². The van der Waals surface area contributed by atoms with Crippen LogP contribution in [-0.4, -0.2) is 7.11 Å². The highest BCUT2D eigenvalue weighted by Gasteiger charge is 2.06. The minimum Gasteiger partial charge on any atom is -0.497 e. The van der Waals surface area contributed by atoms with E-state index >= 15 is 0 Å². The van der Waals surface area contributed by atoms with Crippen LogP contribution in [0.3, 0.4) is 0 Å². The summed E-state index contributed by atoms with van der Waals surface area (Å²) in [5.74, 6) is -0.314. The molecule has 0 radical (unpaired) electrons. The molecular formula is C16H17F2NO. The van der Waals surface area contributed by atoms with Gasteiger partial charge in [0.05, 0.1) is 7.11 Å². The molecule has 0 aliphatic heterocycles. The normalized spacial score (nSPS) is 12.2. The van der Waals surface area contributed by atoms with Crippen LogP contribution in [0.15, 0.2) is 42.5 Å². The van der Waals surface area contributed by atoms with Gasteiger partial charge < -0.3 is 10.1 Å². The molecule has 106 valence electrons. The molecular weight excluding hydrogens is 260 g/mol. The van der Waals surface area contributed by atoms with Crippen LogP contribution in [0.2, 0.25) is 0 Å². The topological polar surface area (TPSA) is 21.3 Å². The van der Waals surface area contributed by atoms with Crippen LogP contribution < -0.4 is 10.1 Å². The summed E-state index contributed by atoms with van der Waals surface area (Å²) in [6, 6.07) is 11.3. The molecule has 0 saturated heterocycles. The number of nitrogens with one attached hydrogen (secondary N) is 1. The molecule has 0 aliphatic carbocycles. The van der Waals surface area contributed by atoms with E-state index in [0.29, 0.717) is 12.1 Å². The predicted octanol–water partition coefficient (Wildman–Crippen LogP) is 3.82. The number of ether oxygens (including phenoxy) is 1. The van der Waals surface area contributed by atoms with E-state index in [1.54, 1.807) is 7.11 Å². The number of methoxy groups -OCH3 is 1. The van der Waals surface area contributed by atoms with Gasteiger partial charge in [-0.15, -0.1) is 0 Å². The van der Waals surface area contributed by atoms with Gasteiger partial charge in [0.2, 0.25) is 0 Å². The molecule has 2 aromatic carbocycles. The average molecular weight is 277 g/mol. The molecule has 2 nitrogen and oxygen atoms in total. The third kappa shape index (κ3) is 3.78. The first-order chi connectivity index (χ1) is 9.58. The van der Waals surface area contributed by atoms with Gasteiger partial charge in [-0.05, 0) is 42.3 Å². The standard InChI is InChI=1S/C16H17F2NO/c1-11(13-3-5-16(20-2)6-4-13)19-10-12-7-14(17)9-15(18)8-12/h3-9,11,19H,10H2,1-2H3/t11-/m0/s1. The fourth-order valence-corrected chi connectivity index (χ4v) is 1.99. The Morgan fingerprint density at radius 1 is 1.05 bits per heavy atom. The van der Waals surface area contributed by atoms with Gasteiger partial charge in [-0.2, -0.15) is 0 Å². The molecule has 0 fully saturated rings. The molecule has 0 spiro atoms. The Bertz CT molecular complexity index is 549. The summed E-state index contributed by atoms with van der Waals surface area (Å²) in [5, 5.41) is 3.23. The molecule has 0 aromatic heterocycles. The summed E-state index contributed by atoms with van der Waals surface area (Å²) >= 11 is 0. The van der Waals surface area contributed by atoms with E-state index in [-0.39, 0.29) is 6.04 Å². The van der Waals surface area contributed by atoms with E-state index in [1.165, 1.54) is 12.1 Å². The van der Waals surface area contributed by atoms with E-state index in [2.05, 4.69) is 5.32 Å². The van der Waals surface area contributed by atoms with Gasteiger partial charge in [0, 0.05) is 18.7 Å². The molecule has 0 bridgehead atoms. The monoisotopic (exact) mass is 277 g/mol. The van der Waals surface area contributed by atoms with E-state index in [4.69, 9.17) is 4.74 Å². The average Bonchev–Trinajstić information content (AvgIpc) is 2.44. The smallest absolute Gasteiger partial charge is 0.126 e. The summed E-state index contributed by atoms with van der Waals surface area (Å²) in [6.45, 7) is 2.40. The Morgan fingerprint density at radius 2 is 1.65 bits per heavy atom. The van der Waals surface area contributed by atoms with Crippen LogP contribution in [0, 0.1) is 11.6 Å². The van der Waals surface area contributed by atoms with E-state index in [0.717, 1.165) is 17.4 Å². The minimum atomic E-state index is -0.557. The van der Waals surface area contributed by atoms with Crippen molar-refractivity contribution in [3.8, 4) is 5.75 Å². The number of hydrogen-bond acceptors (Lipinski definition) is 2. The molecule has 0 unspecified atom stereocenters. The maximum absolute atomic E-state index is 13.1. The Labute approximate surface area is 117 Å². The summed E-state index contributed by atoms with van der Waals surface area (Å²) in [6.07, 6.45) is 0. The SMILES string of the molecule is COc1ccc([C@H](C)NCc2cc(F)cc(F)c2)cc1. The molecule has 0 saturated carbocycles. The van der Waals surface area contributed by atoms with Crippen LogP contribution in [0.1, 0.15) is 24.1 Å². The first kappa shape index (κ1) is 14.5. The van der Waals surface area contributed by atoms with Gasteiger partial charge in [-0.1, -0.05) is 12.1 Å². The maximum atomic E-state index is 13.1.